The number of piperazine rings is 1. The zero-order valence-corrected chi connectivity index (χ0v) is 12.4. The normalized spacial score (nSPS) is 16.1. The Morgan fingerprint density at radius 2 is 1.95 bits per heavy atom. The van der Waals surface area contributed by atoms with Crippen molar-refractivity contribution in [3.63, 3.8) is 0 Å². The second-order valence-electron chi connectivity index (χ2n) is 5.42. The van der Waals surface area contributed by atoms with Crippen molar-refractivity contribution < 1.29 is 4.79 Å². The maximum absolute atomic E-state index is 12.3. The van der Waals surface area contributed by atoms with Crippen LogP contribution in [0.5, 0.6) is 0 Å². The zero-order valence-electron chi connectivity index (χ0n) is 12.4. The van der Waals surface area contributed by atoms with E-state index in [9.17, 15) is 9.59 Å². The van der Waals surface area contributed by atoms with Crippen molar-refractivity contribution in [2.45, 2.75) is 19.3 Å². The molecule has 21 heavy (non-hydrogen) atoms. The maximum Gasteiger partial charge on any atom is 0.254 e. The van der Waals surface area contributed by atoms with Crippen LogP contribution in [-0.2, 0) is 0 Å². The summed E-state index contributed by atoms with van der Waals surface area (Å²) >= 11 is 0. The molecule has 1 aliphatic rings. The first kappa shape index (κ1) is 15.7. The summed E-state index contributed by atoms with van der Waals surface area (Å²) in [5.74, 6) is -0.0520. The molecule has 1 saturated heterocycles. The summed E-state index contributed by atoms with van der Waals surface area (Å²) in [4.78, 5) is 30.3. The average Bonchev–Trinajstić information content (AvgIpc) is 2.51. The van der Waals surface area contributed by atoms with Crippen molar-refractivity contribution in [3.05, 3.63) is 34.2 Å². The van der Waals surface area contributed by atoms with Crippen molar-refractivity contribution >= 4 is 5.91 Å². The summed E-state index contributed by atoms with van der Waals surface area (Å²) < 4.78 is 0. The van der Waals surface area contributed by atoms with Gasteiger partial charge in [0.15, 0.2) is 0 Å². The van der Waals surface area contributed by atoms with E-state index in [1.54, 1.807) is 6.07 Å². The highest BCUT2D eigenvalue weighted by Crippen LogP contribution is 2.08. The Hall–Kier alpha value is -1.66. The van der Waals surface area contributed by atoms with E-state index < -0.39 is 0 Å². The molecule has 2 heterocycles. The van der Waals surface area contributed by atoms with Gasteiger partial charge in [-0.3, -0.25) is 14.5 Å². The molecule has 0 bridgehead atoms. The quantitative estimate of drug-likeness (QED) is 0.737. The van der Waals surface area contributed by atoms with Gasteiger partial charge in [-0.05, 0) is 32.0 Å². The minimum atomic E-state index is -0.237. The summed E-state index contributed by atoms with van der Waals surface area (Å²) in [6, 6.07) is 3.02. The van der Waals surface area contributed by atoms with Crippen molar-refractivity contribution in [3.8, 4) is 0 Å². The number of hydrogen-bond donors (Lipinski definition) is 2. The number of unbranched alkanes of at least 4 members (excludes halogenated alkanes) is 2. The van der Waals surface area contributed by atoms with Crippen LogP contribution in [-0.4, -0.2) is 60.0 Å². The Kier molecular flexibility index (Phi) is 5.95. The topological polar surface area (TPSA) is 82.4 Å². The van der Waals surface area contributed by atoms with Crippen LogP contribution in [0, 0.1) is 0 Å². The van der Waals surface area contributed by atoms with Gasteiger partial charge < -0.3 is 15.6 Å². The third kappa shape index (κ3) is 4.68. The second-order valence-corrected chi connectivity index (χ2v) is 5.42. The van der Waals surface area contributed by atoms with E-state index in [0.717, 1.165) is 45.7 Å². The van der Waals surface area contributed by atoms with E-state index in [0.29, 0.717) is 5.56 Å². The standard InChI is InChI=1S/C15H24N4O2/c16-5-2-1-3-7-18-8-10-19(11-9-18)15(21)13-4-6-17-14(20)12-13/h4,6,12H,1-3,5,7-11,16H2,(H,17,20). The molecule has 0 radical (unpaired) electrons. The van der Waals surface area contributed by atoms with Gasteiger partial charge in [-0.15, -0.1) is 0 Å². The number of H-pyrrole nitrogens is 1. The fraction of sp³-hybridized carbons (Fsp3) is 0.600. The molecule has 1 aromatic heterocycles. The Morgan fingerprint density at radius 1 is 1.19 bits per heavy atom. The lowest BCUT2D eigenvalue weighted by Gasteiger charge is -2.34. The number of aromatic nitrogens is 1. The molecular weight excluding hydrogens is 268 g/mol. The lowest BCUT2D eigenvalue weighted by Crippen LogP contribution is -2.48. The van der Waals surface area contributed by atoms with Crippen LogP contribution in [0.15, 0.2) is 23.1 Å². The van der Waals surface area contributed by atoms with Crippen LogP contribution < -0.4 is 11.3 Å². The molecule has 0 saturated carbocycles. The zero-order chi connectivity index (χ0) is 15.1. The van der Waals surface area contributed by atoms with E-state index in [-0.39, 0.29) is 11.5 Å². The molecule has 2 rings (SSSR count). The first-order valence-corrected chi connectivity index (χ1v) is 7.61. The number of carbonyl (C=O) groups is 1. The smallest absolute Gasteiger partial charge is 0.254 e. The number of amides is 1. The van der Waals surface area contributed by atoms with Gasteiger partial charge in [0.25, 0.3) is 5.91 Å². The average molecular weight is 292 g/mol. The monoisotopic (exact) mass is 292 g/mol. The van der Waals surface area contributed by atoms with E-state index in [1.165, 1.54) is 25.1 Å². The Labute approximate surface area is 124 Å². The van der Waals surface area contributed by atoms with Crippen molar-refractivity contribution in [1.82, 2.24) is 14.8 Å². The maximum atomic E-state index is 12.3. The summed E-state index contributed by atoms with van der Waals surface area (Å²) in [6.07, 6.45) is 4.94. The summed E-state index contributed by atoms with van der Waals surface area (Å²) in [5.41, 5.74) is 5.71. The van der Waals surface area contributed by atoms with Crippen LogP contribution >= 0.6 is 0 Å². The molecule has 1 aliphatic heterocycles. The van der Waals surface area contributed by atoms with Gasteiger partial charge in [-0.25, -0.2) is 0 Å². The highest BCUT2D eigenvalue weighted by Gasteiger charge is 2.21. The number of nitrogens with zero attached hydrogens (tertiary/aromatic N) is 2. The molecule has 1 aromatic rings. The number of carbonyl (C=O) groups excluding carboxylic acids is 1. The van der Waals surface area contributed by atoms with Gasteiger partial charge in [0.1, 0.15) is 0 Å². The third-order valence-electron chi connectivity index (χ3n) is 3.86. The molecule has 6 nitrogen and oxygen atoms in total. The van der Waals surface area contributed by atoms with E-state index in [4.69, 9.17) is 5.73 Å². The van der Waals surface area contributed by atoms with Crippen molar-refractivity contribution in [2.75, 3.05) is 39.3 Å². The number of rotatable bonds is 6. The van der Waals surface area contributed by atoms with Gasteiger partial charge in [-0.2, -0.15) is 0 Å². The van der Waals surface area contributed by atoms with Gasteiger partial charge >= 0.3 is 0 Å². The molecule has 0 unspecified atom stereocenters. The number of nitrogens with two attached hydrogens (primary N) is 1. The fourth-order valence-corrected chi connectivity index (χ4v) is 2.59. The van der Waals surface area contributed by atoms with E-state index in [2.05, 4.69) is 9.88 Å². The highest BCUT2D eigenvalue weighted by molar-refractivity contribution is 5.94. The fourth-order valence-electron chi connectivity index (χ4n) is 2.59. The predicted octanol–water partition coefficient (Wildman–Crippen LogP) is 0.262. The molecular formula is C15H24N4O2. The van der Waals surface area contributed by atoms with Gasteiger partial charge in [-0.1, -0.05) is 6.42 Å². The van der Waals surface area contributed by atoms with Crippen LogP contribution in [0.2, 0.25) is 0 Å². The van der Waals surface area contributed by atoms with Crippen LogP contribution in [0.1, 0.15) is 29.6 Å². The minimum absolute atomic E-state index is 0.0520. The lowest BCUT2D eigenvalue weighted by molar-refractivity contribution is 0.0635. The SMILES string of the molecule is NCCCCCN1CCN(C(=O)c2cc[nH]c(=O)c2)CC1. The molecule has 6 heteroatoms. The molecule has 0 aromatic carbocycles. The molecule has 1 amide bonds. The summed E-state index contributed by atoms with van der Waals surface area (Å²) in [7, 11) is 0. The molecule has 0 spiro atoms. The van der Waals surface area contributed by atoms with Crippen LogP contribution in [0.25, 0.3) is 0 Å². The molecule has 1 fully saturated rings. The first-order chi connectivity index (χ1) is 10.2. The van der Waals surface area contributed by atoms with E-state index in [1.807, 2.05) is 4.90 Å². The number of aromatic amines is 1. The summed E-state index contributed by atoms with van der Waals surface area (Å²) in [5, 5.41) is 0. The molecule has 3 N–H and O–H groups in total. The largest absolute Gasteiger partial charge is 0.336 e. The number of nitrogens with one attached hydrogen (secondary N) is 1. The van der Waals surface area contributed by atoms with Crippen LogP contribution in [0.4, 0.5) is 0 Å². The summed E-state index contributed by atoms with van der Waals surface area (Å²) in [6.45, 7) is 5.09. The number of pyridine rings is 1. The molecule has 116 valence electrons. The predicted molar refractivity (Wildman–Crippen MR) is 82.3 cm³/mol. The first-order valence-electron chi connectivity index (χ1n) is 7.61. The Bertz CT molecular complexity index is 506. The van der Waals surface area contributed by atoms with Gasteiger partial charge in [0.05, 0.1) is 0 Å². The number of hydrogen-bond acceptors (Lipinski definition) is 4. The third-order valence-corrected chi connectivity index (χ3v) is 3.86. The van der Waals surface area contributed by atoms with Crippen LogP contribution in [0.3, 0.4) is 0 Å². The highest BCUT2D eigenvalue weighted by atomic mass is 16.2. The molecule has 0 atom stereocenters. The van der Waals surface area contributed by atoms with Gasteiger partial charge in [0.2, 0.25) is 5.56 Å². The molecule has 0 aliphatic carbocycles. The minimum Gasteiger partial charge on any atom is -0.336 e. The lowest BCUT2D eigenvalue weighted by atomic mass is 10.2. The second kappa shape index (κ2) is 7.95. The van der Waals surface area contributed by atoms with Crippen molar-refractivity contribution in [1.29, 1.82) is 0 Å². The van der Waals surface area contributed by atoms with E-state index >= 15 is 0 Å². The Balaban J connectivity index is 1.78. The van der Waals surface area contributed by atoms with Gasteiger partial charge in [0, 0.05) is 44.0 Å². The Morgan fingerprint density at radius 3 is 2.62 bits per heavy atom. The van der Waals surface area contributed by atoms with Crippen molar-refractivity contribution in [2.24, 2.45) is 5.73 Å².